The SMILES string of the molecule is CCCCOc1ccc(C=Nc2ccc(N=Cc3ccc(OCCCC)cc3O)cc2)c(O)c1. The van der Waals surface area contributed by atoms with Gasteiger partial charge in [-0.15, -0.1) is 0 Å². The number of aromatic hydroxyl groups is 2. The molecule has 0 spiro atoms. The van der Waals surface area contributed by atoms with E-state index in [1.54, 1.807) is 36.7 Å². The highest BCUT2D eigenvalue weighted by Crippen LogP contribution is 2.25. The maximum atomic E-state index is 10.2. The average molecular weight is 461 g/mol. The Morgan fingerprint density at radius 1 is 0.647 bits per heavy atom. The van der Waals surface area contributed by atoms with Gasteiger partial charge in [-0.2, -0.15) is 0 Å². The third-order valence-corrected chi connectivity index (χ3v) is 5.09. The lowest BCUT2D eigenvalue weighted by molar-refractivity contribution is 0.307. The topological polar surface area (TPSA) is 83.6 Å². The third-order valence-electron chi connectivity index (χ3n) is 5.09. The maximum Gasteiger partial charge on any atom is 0.128 e. The quantitative estimate of drug-likeness (QED) is 0.226. The van der Waals surface area contributed by atoms with Crippen LogP contribution in [0.25, 0.3) is 0 Å². The molecular weight excluding hydrogens is 428 g/mol. The van der Waals surface area contributed by atoms with Gasteiger partial charge in [-0.25, -0.2) is 0 Å². The fourth-order valence-electron chi connectivity index (χ4n) is 3.03. The van der Waals surface area contributed by atoms with Crippen molar-refractivity contribution in [2.24, 2.45) is 9.98 Å². The molecule has 0 aliphatic heterocycles. The Labute approximate surface area is 201 Å². The molecule has 0 unspecified atom stereocenters. The van der Waals surface area contributed by atoms with Gasteiger partial charge in [-0.05, 0) is 61.4 Å². The normalized spacial score (nSPS) is 11.4. The lowest BCUT2D eigenvalue weighted by atomic mass is 10.2. The third kappa shape index (κ3) is 7.66. The van der Waals surface area contributed by atoms with E-state index in [1.807, 2.05) is 36.4 Å². The summed E-state index contributed by atoms with van der Waals surface area (Å²) in [6.07, 6.45) is 7.31. The fourth-order valence-corrected chi connectivity index (χ4v) is 3.03. The van der Waals surface area contributed by atoms with E-state index in [2.05, 4.69) is 23.8 Å². The zero-order valence-corrected chi connectivity index (χ0v) is 19.8. The van der Waals surface area contributed by atoms with Gasteiger partial charge in [-0.3, -0.25) is 9.98 Å². The van der Waals surface area contributed by atoms with Gasteiger partial charge in [-0.1, -0.05) is 26.7 Å². The van der Waals surface area contributed by atoms with Crippen LogP contribution in [0.5, 0.6) is 23.0 Å². The first-order valence-corrected chi connectivity index (χ1v) is 11.7. The summed E-state index contributed by atoms with van der Waals surface area (Å²) in [6.45, 7) is 5.48. The molecule has 0 aromatic heterocycles. The molecule has 6 nitrogen and oxygen atoms in total. The van der Waals surface area contributed by atoms with Gasteiger partial charge in [0.05, 0.1) is 24.6 Å². The molecule has 34 heavy (non-hydrogen) atoms. The Bertz CT molecular complexity index is 1020. The van der Waals surface area contributed by atoms with Crippen LogP contribution in [-0.4, -0.2) is 35.9 Å². The summed E-state index contributed by atoms with van der Waals surface area (Å²) in [4.78, 5) is 8.85. The molecule has 0 fully saturated rings. The van der Waals surface area contributed by atoms with Crippen molar-refractivity contribution in [3.63, 3.8) is 0 Å². The van der Waals surface area contributed by atoms with E-state index in [1.165, 1.54) is 0 Å². The highest BCUT2D eigenvalue weighted by Gasteiger charge is 2.03. The van der Waals surface area contributed by atoms with Gasteiger partial charge in [0.25, 0.3) is 0 Å². The molecule has 0 saturated carbocycles. The van der Waals surface area contributed by atoms with Crippen molar-refractivity contribution < 1.29 is 19.7 Å². The second kappa shape index (κ2) is 13.0. The highest BCUT2D eigenvalue weighted by molar-refractivity contribution is 5.87. The summed E-state index contributed by atoms with van der Waals surface area (Å²) in [5, 5.41) is 20.4. The second-order valence-corrected chi connectivity index (χ2v) is 7.88. The van der Waals surface area contributed by atoms with Crippen LogP contribution in [0.1, 0.15) is 50.7 Å². The molecule has 0 radical (unpaired) electrons. The van der Waals surface area contributed by atoms with Crippen molar-refractivity contribution in [2.45, 2.75) is 39.5 Å². The minimum atomic E-state index is 0.126. The van der Waals surface area contributed by atoms with Gasteiger partial charge in [0, 0.05) is 35.7 Å². The van der Waals surface area contributed by atoms with Gasteiger partial charge in [0.2, 0.25) is 0 Å². The number of benzene rings is 3. The fraction of sp³-hybridized carbons (Fsp3) is 0.286. The Balaban J connectivity index is 1.59. The van der Waals surface area contributed by atoms with E-state index in [9.17, 15) is 10.2 Å². The number of aliphatic imine (C=N–C) groups is 2. The Hall–Kier alpha value is -3.80. The zero-order chi connectivity index (χ0) is 24.2. The van der Waals surface area contributed by atoms with Crippen LogP contribution in [0.4, 0.5) is 11.4 Å². The van der Waals surface area contributed by atoms with Crippen LogP contribution in [0.2, 0.25) is 0 Å². The zero-order valence-electron chi connectivity index (χ0n) is 19.8. The van der Waals surface area contributed by atoms with Gasteiger partial charge < -0.3 is 19.7 Å². The van der Waals surface area contributed by atoms with Crippen molar-refractivity contribution in [1.82, 2.24) is 0 Å². The smallest absolute Gasteiger partial charge is 0.128 e. The summed E-state index contributed by atoms with van der Waals surface area (Å²) >= 11 is 0. The van der Waals surface area contributed by atoms with Crippen LogP contribution in [0.3, 0.4) is 0 Å². The molecule has 0 bridgehead atoms. The number of unbranched alkanes of at least 4 members (excludes halogenated alkanes) is 2. The second-order valence-electron chi connectivity index (χ2n) is 7.88. The number of phenolic OH excluding ortho intramolecular Hbond substituents is 2. The minimum absolute atomic E-state index is 0.126. The molecule has 178 valence electrons. The lowest BCUT2D eigenvalue weighted by Gasteiger charge is -2.07. The monoisotopic (exact) mass is 460 g/mol. The molecule has 2 N–H and O–H groups in total. The molecule has 3 aromatic rings. The first-order chi connectivity index (χ1) is 16.6. The predicted octanol–water partition coefficient (Wildman–Crippen LogP) is 6.96. The molecule has 0 atom stereocenters. The summed E-state index contributed by atoms with van der Waals surface area (Å²) in [7, 11) is 0. The number of hydrogen-bond donors (Lipinski definition) is 2. The van der Waals surface area contributed by atoms with Crippen LogP contribution >= 0.6 is 0 Å². The van der Waals surface area contributed by atoms with Gasteiger partial charge >= 0.3 is 0 Å². The Morgan fingerprint density at radius 3 is 1.41 bits per heavy atom. The standard InChI is InChI=1S/C28H32N2O4/c1-3-5-15-33-25-13-7-21(27(31)17-25)19-29-23-9-11-24(12-10-23)30-20-22-8-14-26(18-28(22)32)34-16-6-4-2/h7-14,17-20,31-32H,3-6,15-16H2,1-2H3. The molecule has 0 heterocycles. The molecule has 3 rings (SSSR count). The van der Waals surface area contributed by atoms with Crippen molar-refractivity contribution in [2.75, 3.05) is 13.2 Å². The molecule has 6 heteroatoms. The molecule has 3 aromatic carbocycles. The van der Waals surface area contributed by atoms with Crippen molar-refractivity contribution in [3.8, 4) is 23.0 Å². The molecule has 0 aliphatic rings. The lowest BCUT2D eigenvalue weighted by Crippen LogP contribution is -1.96. The van der Waals surface area contributed by atoms with Crippen molar-refractivity contribution in [1.29, 1.82) is 0 Å². The van der Waals surface area contributed by atoms with E-state index in [4.69, 9.17) is 9.47 Å². The summed E-state index contributed by atoms with van der Waals surface area (Å²) in [5.41, 5.74) is 2.70. The van der Waals surface area contributed by atoms with E-state index in [0.717, 1.165) is 37.1 Å². The van der Waals surface area contributed by atoms with E-state index >= 15 is 0 Å². The molecule has 0 saturated heterocycles. The van der Waals surface area contributed by atoms with Gasteiger partial charge in [0.1, 0.15) is 23.0 Å². The Kier molecular flexibility index (Phi) is 9.52. The van der Waals surface area contributed by atoms with E-state index in [0.29, 0.717) is 35.8 Å². The maximum absolute atomic E-state index is 10.2. The first-order valence-electron chi connectivity index (χ1n) is 11.7. The van der Waals surface area contributed by atoms with Crippen molar-refractivity contribution >= 4 is 23.8 Å². The van der Waals surface area contributed by atoms with Crippen LogP contribution in [-0.2, 0) is 0 Å². The highest BCUT2D eigenvalue weighted by atomic mass is 16.5. The summed E-state index contributed by atoms with van der Waals surface area (Å²) in [6, 6.07) is 17.8. The number of nitrogens with zero attached hydrogens (tertiary/aromatic N) is 2. The minimum Gasteiger partial charge on any atom is -0.507 e. The molecule has 0 aliphatic carbocycles. The number of phenols is 2. The number of hydrogen-bond acceptors (Lipinski definition) is 6. The van der Waals surface area contributed by atoms with E-state index < -0.39 is 0 Å². The van der Waals surface area contributed by atoms with Crippen LogP contribution < -0.4 is 9.47 Å². The van der Waals surface area contributed by atoms with Crippen molar-refractivity contribution in [3.05, 3.63) is 71.8 Å². The number of ether oxygens (including phenoxy) is 2. The summed E-state index contributed by atoms with van der Waals surface area (Å²) < 4.78 is 11.2. The predicted molar refractivity (Wildman–Crippen MR) is 138 cm³/mol. The molecular formula is C28H32N2O4. The summed E-state index contributed by atoms with van der Waals surface area (Å²) in [5.74, 6) is 1.55. The van der Waals surface area contributed by atoms with E-state index in [-0.39, 0.29) is 11.5 Å². The first kappa shape index (κ1) is 24.8. The van der Waals surface area contributed by atoms with Crippen LogP contribution in [0.15, 0.2) is 70.6 Å². The number of rotatable bonds is 12. The Morgan fingerprint density at radius 2 is 1.06 bits per heavy atom. The average Bonchev–Trinajstić information content (AvgIpc) is 2.84. The van der Waals surface area contributed by atoms with Crippen LogP contribution in [0, 0.1) is 0 Å². The largest absolute Gasteiger partial charge is 0.507 e. The van der Waals surface area contributed by atoms with Gasteiger partial charge in [0.15, 0.2) is 0 Å². The molecule has 0 amide bonds.